The van der Waals surface area contributed by atoms with E-state index in [1.165, 1.54) is 0 Å². The number of anilines is 1. The summed E-state index contributed by atoms with van der Waals surface area (Å²) in [6.45, 7) is 2.60. The highest BCUT2D eigenvalue weighted by Crippen LogP contribution is 2.15. The summed E-state index contributed by atoms with van der Waals surface area (Å²) in [6.07, 6.45) is 1.11. The molecule has 1 saturated heterocycles. The van der Waals surface area contributed by atoms with Crippen LogP contribution in [0.5, 0.6) is 0 Å². The first-order chi connectivity index (χ1) is 8.29. The fourth-order valence-corrected chi connectivity index (χ4v) is 1.92. The monoisotopic (exact) mass is 234 g/mol. The third-order valence-corrected chi connectivity index (χ3v) is 2.97. The molecule has 0 spiro atoms. The Morgan fingerprint density at radius 1 is 1.53 bits per heavy atom. The third kappa shape index (κ3) is 3.20. The molecule has 0 saturated carbocycles. The van der Waals surface area contributed by atoms with Crippen LogP contribution in [0.2, 0.25) is 0 Å². The van der Waals surface area contributed by atoms with E-state index >= 15 is 0 Å². The van der Waals surface area contributed by atoms with Crippen molar-refractivity contribution in [2.45, 2.75) is 6.42 Å². The highest BCUT2D eigenvalue weighted by molar-refractivity contribution is 5.94. The second-order valence-electron chi connectivity index (χ2n) is 4.27. The Hall–Kier alpha value is -1.55. The second kappa shape index (κ2) is 5.68. The average molecular weight is 234 g/mol. The maximum Gasteiger partial charge on any atom is 0.251 e. The molecule has 0 radical (unpaired) electrons. The summed E-state index contributed by atoms with van der Waals surface area (Å²) in [5.74, 6) is 0.525. The van der Waals surface area contributed by atoms with Gasteiger partial charge in [0.1, 0.15) is 0 Å². The number of nitrogens with one attached hydrogen (secondary N) is 2. The Morgan fingerprint density at radius 3 is 3.12 bits per heavy atom. The lowest BCUT2D eigenvalue weighted by molar-refractivity contribution is 0.0963. The molecule has 1 atom stereocenters. The predicted molar refractivity (Wildman–Crippen MR) is 67.2 cm³/mol. The Morgan fingerprint density at radius 2 is 2.41 bits per heavy atom. The molecule has 1 fully saturated rings. The minimum atomic E-state index is -0.0575. The van der Waals surface area contributed by atoms with Crippen LogP contribution in [0, 0.1) is 5.92 Å². The number of rotatable bonds is 4. The smallest absolute Gasteiger partial charge is 0.251 e. The molecule has 2 rings (SSSR count). The minimum Gasteiger partial charge on any atom is -0.385 e. The van der Waals surface area contributed by atoms with Crippen LogP contribution in [-0.2, 0) is 4.74 Å². The topological polar surface area (TPSA) is 50.4 Å². The van der Waals surface area contributed by atoms with Gasteiger partial charge in [0, 0.05) is 37.4 Å². The molecule has 1 heterocycles. The van der Waals surface area contributed by atoms with Gasteiger partial charge in [-0.05, 0) is 24.6 Å². The van der Waals surface area contributed by atoms with E-state index in [0.717, 1.165) is 31.9 Å². The van der Waals surface area contributed by atoms with E-state index in [0.29, 0.717) is 11.5 Å². The van der Waals surface area contributed by atoms with E-state index < -0.39 is 0 Å². The Kier molecular flexibility index (Phi) is 3.98. The van der Waals surface area contributed by atoms with Crippen molar-refractivity contribution in [3.8, 4) is 0 Å². The summed E-state index contributed by atoms with van der Waals surface area (Å²) < 4.78 is 5.32. The van der Waals surface area contributed by atoms with Crippen LogP contribution < -0.4 is 10.6 Å². The van der Waals surface area contributed by atoms with Crippen LogP contribution in [0.25, 0.3) is 0 Å². The Labute approximate surface area is 101 Å². The van der Waals surface area contributed by atoms with E-state index in [-0.39, 0.29) is 5.91 Å². The average Bonchev–Trinajstić information content (AvgIpc) is 2.89. The van der Waals surface area contributed by atoms with Gasteiger partial charge in [0.05, 0.1) is 6.61 Å². The molecule has 0 aliphatic carbocycles. The molecular formula is C13H18N2O2. The molecule has 92 valence electrons. The van der Waals surface area contributed by atoms with Gasteiger partial charge < -0.3 is 15.4 Å². The van der Waals surface area contributed by atoms with Gasteiger partial charge in [-0.3, -0.25) is 4.79 Å². The summed E-state index contributed by atoms with van der Waals surface area (Å²) in [5, 5.41) is 5.96. The van der Waals surface area contributed by atoms with E-state index in [9.17, 15) is 4.79 Å². The number of carbonyl (C=O) groups is 1. The fraction of sp³-hybridized carbons (Fsp3) is 0.462. The van der Waals surface area contributed by atoms with E-state index in [1.807, 2.05) is 24.3 Å². The normalized spacial score (nSPS) is 19.0. The van der Waals surface area contributed by atoms with Crippen molar-refractivity contribution >= 4 is 11.6 Å². The van der Waals surface area contributed by atoms with Crippen molar-refractivity contribution < 1.29 is 9.53 Å². The molecule has 17 heavy (non-hydrogen) atoms. The lowest BCUT2D eigenvalue weighted by atomic mass is 10.1. The lowest BCUT2D eigenvalue weighted by Gasteiger charge is -2.11. The quantitative estimate of drug-likeness (QED) is 0.830. The third-order valence-electron chi connectivity index (χ3n) is 2.97. The van der Waals surface area contributed by atoms with Crippen molar-refractivity contribution in [1.29, 1.82) is 0 Å². The van der Waals surface area contributed by atoms with E-state index in [1.54, 1.807) is 7.05 Å². The SMILES string of the molecule is CNC(=O)c1cccc(NCC2CCOC2)c1. The van der Waals surface area contributed by atoms with Gasteiger partial charge in [0.25, 0.3) is 5.91 Å². The fourth-order valence-electron chi connectivity index (χ4n) is 1.92. The minimum absolute atomic E-state index is 0.0575. The largest absolute Gasteiger partial charge is 0.385 e. The van der Waals surface area contributed by atoms with Crippen LogP contribution >= 0.6 is 0 Å². The summed E-state index contributed by atoms with van der Waals surface area (Å²) in [7, 11) is 1.64. The maximum absolute atomic E-state index is 11.5. The number of amides is 1. The molecule has 1 aliphatic heterocycles. The van der Waals surface area contributed by atoms with Crippen LogP contribution in [0.15, 0.2) is 24.3 Å². The summed E-state index contributed by atoms with van der Waals surface area (Å²) in [4.78, 5) is 11.5. The van der Waals surface area contributed by atoms with Gasteiger partial charge in [-0.1, -0.05) is 6.07 Å². The summed E-state index contributed by atoms with van der Waals surface area (Å²) >= 11 is 0. The van der Waals surface area contributed by atoms with Gasteiger partial charge >= 0.3 is 0 Å². The molecular weight excluding hydrogens is 216 g/mol. The van der Waals surface area contributed by atoms with Crippen molar-refractivity contribution in [2.24, 2.45) is 5.92 Å². The first-order valence-electron chi connectivity index (χ1n) is 5.93. The first kappa shape index (κ1) is 11.9. The molecule has 1 aromatic rings. The van der Waals surface area contributed by atoms with Crippen molar-refractivity contribution in [1.82, 2.24) is 5.32 Å². The summed E-state index contributed by atoms with van der Waals surface area (Å²) in [5.41, 5.74) is 1.66. The molecule has 1 aromatic carbocycles. The molecule has 1 aliphatic rings. The standard InChI is InChI=1S/C13H18N2O2/c1-14-13(16)11-3-2-4-12(7-11)15-8-10-5-6-17-9-10/h2-4,7,10,15H,5-6,8-9H2,1H3,(H,14,16). The van der Waals surface area contributed by atoms with Crippen molar-refractivity contribution in [2.75, 3.05) is 32.1 Å². The number of hydrogen-bond donors (Lipinski definition) is 2. The van der Waals surface area contributed by atoms with Gasteiger partial charge in [-0.15, -0.1) is 0 Å². The van der Waals surface area contributed by atoms with Crippen molar-refractivity contribution in [3.05, 3.63) is 29.8 Å². The van der Waals surface area contributed by atoms with Crippen LogP contribution in [-0.4, -0.2) is 32.7 Å². The van der Waals surface area contributed by atoms with Gasteiger partial charge in [-0.25, -0.2) is 0 Å². The van der Waals surface area contributed by atoms with Crippen LogP contribution in [0.3, 0.4) is 0 Å². The Balaban J connectivity index is 1.93. The molecule has 2 N–H and O–H groups in total. The molecule has 1 amide bonds. The summed E-state index contributed by atoms with van der Waals surface area (Å²) in [6, 6.07) is 7.54. The predicted octanol–water partition coefficient (Wildman–Crippen LogP) is 1.49. The number of carbonyl (C=O) groups excluding carboxylic acids is 1. The first-order valence-corrected chi connectivity index (χ1v) is 5.93. The van der Waals surface area contributed by atoms with Crippen LogP contribution in [0.4, 0.5) is 5.69 Å². The van der Waals surface area contributed by atoms with E-state index in [4.69, 9.17) is 4.74 Å². The maximum atomic E-state index is 11.5. The molecule has 0 bridgehead atoms. The molecule has 0 aromatic heterocycles. The molecule has 4 heteroatoms. The molecule has 4 nitrogen and oxygen atoms in total. The highest BCUT2D eigenvalue weighted by atomic mass is 16.5. The zero-order chi connectivity index (χ0) is 12.1. The second-order valence-corrected chi connectivity index (χ2v) is 4.27. The highest BCUT2D eigenvalue weighted by Gasteiger charge is 2.15. The van der Waals surface area contributed by atoms with E-state index in [2.05, 4.69) is 10.6 Å². The van der Waals surface area contributed by atoms with Crippen molar-refractivity contribution in [3.63, 3.8) is 0 Å². The zero-order valence-corrected chi connectivity index (χ0v) is 10.0. The molecule has 1 unspecified atom stereocenters. The van der Waals surface area contributed by atoms with Gasteiger partial charge in [-0.2, -0.15) is 0 Å². The zero-order valence-electron chi connectivity index (χ0n) is 10.0. The van der Waals surface area contributed by atoms with Gasteiger partial charge in [0.15, 0.2) is 0 Å². The number of benzene rings is 1. The van der Waals surface area contributed by atoms with Gasteiger partial charge in [0.2, 0.25) is 0 Å². The Bertz CT molecular complexity index is 387. The van der Waals surface area contributed by atoms with Crippen LogP contribution in [0.1, 0.15) is 16.8 Å². The lowest BCUT2D eigenvalue weighted by Crippen LogP contribution is -2.18. The number of hydrogen-bond acceptors (Lipinski definition) is 3. The number of ether oxygens (including phenoxy) is 1.